The van der Waals surface area contributed by atoms with Gasteiger partial charge in [0, 0.05) is 16.8 Å². The van der Waals surface area contributed by atoms with Gasteiger partial charge in [-0.2, -0.15) is 5.26 Å². The molecule has 0 aliphatic carbocycles. The van der Waals surface area contributed by atoms with E-state index in [0.717, 1.165) is 21.9 Å². The average Bonchev–Trinajstić information content (AvgIpc) is 3.14. The fourth-order valence-electron chi connectivity index (χ4n) is 2.75. The first-order valence-electron chi connectivity index (χ1n) is 8.77. The standard InChI is InChI=1S/C21H20N4O2S2/c1-14-19(20(26)24-28-3)23-21(29-14)25(17-8-4-15(12-22)5-9-17)13-16-6-10-18(27-2)11-7-16/h4-11H,13H2,1-3H3,(H,24,26). The maximum absolute atomic E-state index is 12.3. The molecule has 1 heterocycles. The maximum atomic E-state index is 12.3. The zero-order chi connectivity index (χ0) is 20.8. The molecule has 148 valence electrons. The summed E-state index contributed by atoms with van der Waals surface area (Å²) in [5.41, 5.74) is 2.98. The monoisotopic (exact) mass is 424 g/mol. The van der Waals surface area contributed by atoms with E-state index in [1.54, 1.807) is 25.5 Å². The molecule has 0 atom stereocenters. The Hall–Kier alpha value is -3.02. The van der Waals surface area contributed by atoms with Crippen LogP contribution in [0.25, 0.3) is 0 Å². The van der Waals surface area contributed by atoms with Crippen molar-refractivity contribution in [3.05, 3.63) is 70.2 Å². The first-order valence-corrected chi connectivity index (χ1v) is 10.8. The molecule has 0 radical (unpaired) electrons. The lowest BCUT2D eigenvalue weighted by Gasteiger charge is -2.22. The van der Waals surface area contributed by atoms with Crippen LogP contribution in [0.3, 0.4) is 0 Å². The smallest absolute Gasteiger partial charge is 0.280 e. The van der Waals surface area contributed by atoms with Crippen molar-refractivity contribution in [2.75, 3.05) is 18.3 Å². The zero-order valence-electron chi connectivity index (χ0n) is 16.3. The Kier molecular flexibility index (Phi) is 6.75. The highest BCUT2D eigenvalue weighted by atomic mass is 32.2. The van der Waals surface area contributed by atoms with E-state index >= 15 is 0 Å². The van der Waals surface area contributed by atoms with E-state index < -0.39 is 0 Å². The Morgan fingerprint density at radius 1 is 1.24 bits per heavy atom. The molecule has 0 saturated carbocycles. The largest absolute Gasteiger partial charge is 0.497 e. The predicted molar refractivity (Wildman–Crippen MR) is 118 cm³/mol. The van der Waals surface area contributed by atoms with Crippen LogP contribution < -0.4 is 14.4 Å². The Balaban J connectivity index is 1.98. The van der Waals surface area contributed by atoms with Gasteiger partial charge >= 0.3 is 0 Å². The van der Waals surface area contributed by atoms with Gasteiger partial charge in [-0.15, -0.1) is 11.3 Å². The highest BCUT2D eigenvalue weighted by Gasteiger charge is 2.20. The molecule has 1 amide bonds. The van der Waals surface area contributed by atoms with E-state index in [4.69, 9.17) is 10.00 Å². The molecule has 0 aliphatic heterocycles. The molecule has 0 fully saturated rings. The molecule has 0 aliphatic rings. The van der Waals surface area contributed by atoms with Gasteiger partial charge in [-0.3, -0.25) is 9.52 Å². The van der Waals surface area contributed by atoms with E-state index in [1.807, 2.05) is 48.2 Å². The van der Waals surface area contributed by atoms with Crippen LogP contribution in [-0.2, 0) is 6.54 Å². The average molecular weight is 425 g/mol. The lowest BCUT2D eigenvalue weighted by molar-refractivity contribution is 0.0980. The summed E-state index contributed by atoms with van der Waals surface area (Å²) in [6.45, 7) is 2.45. The van der Waals surface area contributed by atoms with Crippen LogP contribution in [0.15, 0.2) is 48.5 Å². The number of benzene rings is 2. The van der Waals surface area contributed by atoms with Crippen molar-refractivity contribution in [1.82, 2.24) is 9.71 Å². The van der Waals surface area contributed by atoms with Crippen LogP contribution in [-0.4, -0.2) is 24.3 Å². The molecule has 29 heavy (non-hydrogen) atoms. The molecule has 2 aromatic carbocycles. The van der Waals surface area contributed by atoms with Gasteiger partial charge in [-0.25, -0.2) is 4.98 Å². The molecule has 0 unspecified atom stereocenters. The summed E-state index contributed by atoms with van der Waals surface area (Å²) in [7, 11) is 1.64. The molecule has 0 saturated heterocycles. The second-order valence-corrected chi connectivity index (χ2v) is 7.92. The van der Waals surface area contributed by atoms with Gasteiger partial charge < -0.3 is 9.64 Å². The molecule has 1 N–H and O–H groups in total. The number of methoxy groups -OCH3 is 1. The maximum Gasteiger partial charge on any atom is 0.280 e. The Bertz CT molecular complexity index is 1020. The SMILES string of the molecule is COc1ccc(CN(c2ccc(C#N)cc2)c2nc(C(=O)NSC)c(C)s2)cc1. The van der Waals surface area contributed by atoms with E-state index in [-0.39, 0.29) is 5.91 Å². The van der Waals surface area contributed by atoms with Crippen LogP contribution in [0.2, 0.25) is 0 Å². The van der Waals surface area contributed by atoms with E-state index in [0.29, 0.717) is 22.9 Å². The van der Waals surface area contributed by atoms with Gasteiger partial charge in [-0.05, 0) is 48.9 Å². The first kappa shape index (κ1) is 20.7. The minimum Gasteiger partial charge on any atom is -0.497 e. The number of hydrogen-bond donors (Lipinski definition) is 1. The van der Waals surface area contributed by atoms with Gasteiger partial charge in [0.2, 0.25) is 0 Å². The molecule has 6 nitrogen and oxygen atoms in total. The molecule has 8 heteroatoms. The number of carbonyl (C=O) groups excluding carboxylic acids is 1. The normalized spacial score (nSPS) is 10.3. The summed E-state index contributed by atoms with van der Waals surface area (Å²) in [6, 6.07) is 17.3. The van der Waals surface area contributed by atoms with Crippen LogP contribution in [0.4, 0.5) is 10.8 Å². The molecule has 3 aromatic rings. The Labute approximate surface area is 178 Å². The van der Waals surface area contributed by atoms with Crippen molar-refractivity contribution in [3.63, 3.8) is 0 Å². The van der Waals surface area contributed by atoms with Gasteiger partial charge in [0.15, 0.2) is 5.13 Å². The minimum atomic E-state index is -0.207. The lowest BCUT2D eigenvalue weighted by atomic mass is 10.1. The van der Waals surface area contributed by atoms with Crippen molar-refractivity contribution in [2.24, 2.45) is 0 Å². The third-order valence-electron chi connectivity index (χ3n) is 4.23. The van der Waals surface area contributed by atoms with Crippen molar-refractivity contribution in [1.29, 1.82) is 5.26 Å². The number of nitriles is 1. The number of thiazole rings is 1. The van der Waals surface area contributed by atoms with Crippen molar-refractivity contribution in [2.45, 2.75) is 13.5 Å². The van der Waals surface area contributed by atoms with Crippen LogP contribution >= 0.6 is 23.3 Å². The van der Waals surface area contributed by atoms with Crippen molar-refractivity contribution in [3.8, 4) is 11.8 Å². The number of hydrogen-bond acceptors (Lipinski definition) is 7. The summed E-state index contributed by atoms with van der Waals surface area (Å²) in [4.78, 5) is 19.8. The third-order valence-corrected chi connectivity index (χ3v) is 5.62. The first-order chi connectivity index (χ1) is 14.0. The number of amides is 1. The lowest BCUT2D eigenvalue weighted by Crippen LogP contribution is -2.19. The van der Waals surface area contributed by atoms with Crippen molar-refractivity contribution < 1.29 is 9.53 Å². The van der Waals surface area contributed by atoms with Crippen LogP contribution in [0.5, 0.6) is 5.75 Å². The molecule has 0 bridgehead atoms. The molecular weight excluding hydrogens is 404 g/mol. The zero-order valence-corrected chi connectivity index (χ0v) is 17.9. The van der Waals surface area contributed by atoms with Crippen LogP contribution in [0, 0.1) is 18.3 Å². The fraction of sp³-hybridized carbons (Fsp3) is 0.190. The second kappa shape index (κ2) is 9.45. The third kappa shape index (κ3) is 4.88. The Morgan fingerprint density at radius 3 is 2.52 bits per heavy atom. The summed E-state index contributed by atoms with van der Waals surface area (Å²) in [6.07, 6.45) is 1.80. The summed E-state index contributed by atoms with van der Waals surface area (Å²) < 4.78 is 7.96. The van der Waals surface area contributed by atoms with Gasteiger partial charge in [-0.1, -0.05) is 24.1 Å². The number of carbonyl (C=O) groups is 1. The van der Waals surface area contributed by atoms with Gasteiger partial charge in [0.05, 0.1) is 25.3 Å². The molecule has 3 rings (SSSR count). The topological polar surface area (TPSA) is 78.2 Å². The minimum absolute atomic E-state index is 0.207. The predicted octanol–water partition coefficient (Wildman–Crippen LogP) is 4.68. The van der Waals surface area contributed by atoms with Crippen LogP contribution in [0.1, 0.15) is 26.5 Å². The summed E-state index contributed by atoms with van der Waals surface area (Å²) in [5.74, 6) is 0.585. The second-order valence-electron chi connectivity index (χ2n) is 6.13. The highest BCUT2D eigenvalue weighted by Crippen LogP contribution is 2.33. The van der Waals surface area contributed by atoms with E-state index in [1.165, 1.54) is 23.3 Å². The highest BCUT2D eigenvalue weighted by molar-refractivity contribution is 7.97. The number of nitrogens with zero attached hydrogens (tertiary/aromatic N) is 3. The number of aryl methyl sites for hydroxylation is 1. The van der Waals surface area contributed by atoms with Gasteiger partial charge in [0.1, 0.15) is 11.4 Å². The van der Waals surface area contributed by atoms with Crippen molar-refractivity contribution >= 4 is 40.0 Å². The molecule has 1 aromatic heterocycles. The van der Waals surface area contributed by atoms with E-state index in [2.05, 4.69) is 15.8 Å². The fourth-order valence-corrected chi connectivity index (χ4v) is 3.96. The number of aromatic nitrogens is 1. The number of rotatable bonds is 7. The number of ether oxygens (including phenoxy) is 1. The number of nitrogens with one attached hydrogen (secondary N) is 1. The molecular formula is C21H20N4O2S2. The Morgan fingerprint density at radius 2 is 1.93 bits per heavy atom. The van der Waals surface area contributed by atoms with Gasteiger partial charge in [0.25, 0.3) is 5.91 Å². The summed E-state index contributed by atoms with van der Waals surface area (Å²) >= 11 is 2.71. The molecule has 0 spiro atoms. The quantitative estimate of drug-likeness (QED) is 0.555. The number of anilines is 2. The van der Waals surface area contributed by atoms with E-state index in [9.17, 15) is 4.79 Å². The summed E-state index contributed by atoms with van der Waals surface area (Å²) in [5, 5.41) is 9.80.